The number of carboxylic acid groups (broad SMARTS) is 2. The second-order valence-electron chi connectivity index (χ2n) is 5.13. The van der Waals surface area contributed by atoms with E-state index in [1.165, 1.54) is 30.3 Å². The number of hydrogen-bond donors (Lipinski definition) is 2. The van der Waals surface area contributed by atoms with Crippen molar-refractivity contribution in [2.24, 2.45) is 0 Å². The van der Waals surface area contributed by atoms with Crippen LogP contribution in [0.1, 0.15) is 31.8 Å². The summed E-state index contributed by atoms with van der Waals surface area (Å²) in [7, 11) is 0. The molecule has 0 fully saturated rings. The maximum Gasteiger partial charge on any atom is 0.573 e. The number of carbonyl (C=O) groups is 2. The zero-order chi connectivity index (χ0) is 18.6. The van der Waals surface area contributed by atoms with Crippen molar-refractivity contribution in [2.75, 3.05) is 0 Å². The predicted molar refractivity (Wildman–Crippen MR) is 80.9 cm³/mol. The second-order valence-corrected chi connectivity index (χ2v) is 5.13. The Kier molecular flexibility index (Phi) is 5.31. The molecule has 2 aromatic rings. The largest absolute Gasteiger partial charge is 0.573 e. The lowest BCUT2D eigenvalue weighted by Gasteiger charge is -2.11. The van der Waals surface area contributed by atoms with Crippen LogP contribution in [0.3, 0.4) is 0 Å². The van der Waals surface area contributed by atoms with Crippen molar-refractivity contribution >= 4 is 11.9 Å². The lowest BCUT2D eigenvalue weighted by molar-refractivity contribution is -0.274. The molecule has 0 radical (unpaired) electrons. The molecule has 0 unspecified atom stereocenters. The Morgan fingerprint density at radius 2 is 1.40 bits per heavy atom. The molecule has 0 saturated carbocycles. The fourth-order valence-corrected chi connectivity index (χ4v) is 2.38. The van der Waals surface area contributed by atoms with Gasteiger partial charge in [-0.2, -0.15) is 0 Å². The van der Waals surface area contributed by atoms with Crippen LogP contribution in [0.25, 0.3) is 0 Å². The monoisotopic (exact) mass is 354 g/mol. The quantitative estimate of drug-likeness (QED) is 0.825. The number of hydrogen-bond acceptors (Lipinski definition) is 3. The summed E-state index contributed by atoms with van der Waals surface area (Å²) < 4.78 is 40.1. The van der Waals surface area contributed by atoms with Gasteiger partial charge in [-0.05, 0) is 48.2 Å². The van der Waals surface area contributed by atoms with E-state index in [1.807, 2.05) is 0 Å². The van der Waals surface area contributed by atoms with Crippen LogP contribution in [0.15, 0.2) is 42.5 Å². The second kappa shape index (κ2) is 7.25. The van der Waals surface area contributed by atoms with Crippen molar-refractivity contribution in [3.05, 3.63) is 64.7 Å². The summed E-state index contributed by atoms with van der Waals surface area (Å²) >= 11 is 0. The molecule has 0 saturated heterocycles. The van der Waals surface area contributed by atoms with E-state index in [-0.39, 0.29) is 35.3 Å². The van der Waals surface area contributed by atoms with Gasteiger partial charge in [0.25, 0.3) is 0 Å². The highest BCUT2D eigenvalue weighted by molar-refractivity contribution is 5.96. The normalized spacial score (nSPS) is 11.2. The van der Waals surface area contributed by atoms with Crippen LogP contribution < -0.4 is 4.74 Å². The molecule has 0 aliphatic heterocycles. The summed E-state index contributed by atoms with van der Waals surface area (Å²) in [5.74, 6) is -2.85. The van der Waals surface area contributed by atoms with Gasteiger partial charge in [0.05, 0.1) is 11.1 Å². The summed E-state index contributed by atoms with van der Waals surface area (Å²) in [4.78, 5) is 22.5. The Hall–Kier alpha value is -3.03. The molecule has 2 N–H and O–H groups in total. The number of halogens is 3. The Bertz CT molecular complexity index is 750. The van der Waals surface area contributed by atoms with Crippen LogP contribution in [0, 0.1) is 0 Å². The standard InChI is InChI=1S/C17H13F3O5/c18-17(19,20)25-11-7-4-10(5-8-11)6-9-12-13(15(21)22)2-1-3-14(12)16(23)24/h1-5,7-8H,6,9H2,(H,21,22)(H,23,24). The number of carboxylic acids is 2. The molecule has 0 aromatic heterocycles. The summed E-state index contributed by atoms with van der Waals surface area (Å²) in [5, 5.41) is 18.4. The van der Waals surface area contributed by atoms with E-state index in [2.05, 4.69) is 4.74 Å². The molecule has 5 nitrogen and oxygen atoms in total. The van der Waals surface area contributed by atoms with Crippen LogP contribution in [0.2, 0.25) is 0 Å². The number of benzene rings is 2. The molecule has 8 heteroatoms. The van der Waals surface area contributed by atoms with Gasteiger partial charge in [-0.15, -0.1) is 13.2 Å². The van der Waals surface area contributed by atoms with Gasteiger partial charge < -0.3 is 14.9 Å². The van der Waals surface area contributed by atoms with Gasteiger partial charge in [-0.1, -0.05) is 18.2 Å². The molecular formula is C17H13F3O5. The van der Waals surface area contributed by atoms with Crippen LogP contribution in [0.5, 0.6) is 5.75 Å². The van der Waals surface area contributed by atoms with Crippen LogP contribution in [-0.2, 0) is 12.8 Å². The highest BCUT2D eigenvalue weighted by Gasteiger charge is 2.30. The fraction of sp³-hybridized carbons (Fsp3) is 0.176. The minimum absolute atomic E-state index is 0.114. The topological polar surface area (TPSA) is 83.8 Å². The van der Waals surface area contributed by atoms with E-state index < -0.39 is 18.3 Å². The van der Waals surface area contributed by atoms with Gasteiger partial charge in [-0.25, -0.2) is 9.59 Å². The van der Waals surface area contributed by atoms with Crippen LogP contribution in [-0.4, -0.2) is 28.5 Å². The zero-order valence-electron chi connectivity index (χ0n) is 12.7. The third-order valence-electron chi connectivity index (χ3n) is 3.46. The summed E-state index contributed by atoms with van der Waals surface area (Å²) in [6, 6.07) is 9.07. The van der Waals surface area contributed by atoms with Gasteiger partial charge >= 0.3 is 18.3 Å². The Morgan fingerprint density at radius 1 is 0.880 bits per heavy atom. The Labute approximate surface area is 140 Å². The number of ether oxygens (including phenoxy) is 1. The van der Waals surface area contributed by atoms with Crippen molar-refractivity contribution in [1.29, 1.82) is 0 Å². The first-order valence-corrected chi connectivity index (χ1v) is 7.10. The number of aryl methyl sites for hydroxylation is 1. The first-order valence-electron chi connectivity index (χ1n) is 7.10. The fourth-order valence-electron chi connectivity index (χ4n) is 2.38. The minimum Gasteiger partial charge on any atom is -0.478 e. The third-order valence-corrected chi connectivity index (χ3v) is 3.46. The van der Waals surface area contributed by atoms with Gasteiger partial charge in [-0.3, -0.25) is 0 Å². The number of alkyl halides is 3. The van der Waals surface area contributed by atoms with Gasteiger partial charge in [0.2, 0.25) is 0 Å². The van der Waals surface area contributed by atoms with E-state index in [9.17, 15) is 33.0 Å². The molecule has 0 heterocycles. The lowest BCUT2D eigenvalue weighted by Crippen LogP contribution is -2.17. The van der Waals surface area contributed by atoms with Gasteiger partial charge in [0, 0.05) is 0 Å². The molecule has 0 aliphatic carbocycles. The minimum atomic E-state index is -4.78. The van der Waals surface area contributed by atoms with E-state index in [0.29, 0.717) is 5.56 Å². The first kappa shape index (κ1) is 18.3. The number of aromatic carboxylic acids is 2. The highest BCUT2D eigenvalue weighted by Crippen LogP contribution is 2.24. The van der Waals surface area contributed by atoms with Crippen molar-refractivity contribution in [1.82, 2.24) is 0 Å². The molecule has 2 rings (SSSR count). The third kappa shape index (κ3) is 4.97. The lowest BCUT2D eigenvalue weighted by atomic mass is 9.95. The van der Waals surface area contributed by atoms with E-state index in [0.717, 1.165) is 12.1 Å². The average Bonchev–Trinajstić information content (AvgIpc) is 2.52. The van der Waals surface area contributed by atoms with Gasteiger partial charge in [0.15, 0.2) is 0 Å². The summed E-state index contributed by atoms with van der Waals surface area (Å²) in [5.41, 5.74) is 0.554. The SMILES string of the molecule is O=C(O)c1cccc(C(=O)O)c1CCc1ccc(OC(F)(F)F)cc1. The molecular weight excluding hydrogens is 341 g/mol. The Balaban J connectivity index is 2.18. The number of rotatable bonds is 6. The Morgan fingerprint density at radius 3 is 1.84 bits per heavy atom. The zero-order valence-corrected chi connectivity index (χ0v) is 12.7. The average molecular weight is 354 g/mol. The molecule has 0 aliphatic rings. The van der Waals surface area contributed by atoms with E-state index in [4.69, 9.17) is 0 Å². The van der Waals surface area contributed by atoms with Crippen LogP contribution in [0.4, 0.5) is 13.2 Å². The molecule has 2 aromatic carbocycles. The maximum absolute atomic E-state index is 12.1. The maximum atomic E-state index is 12.1. The van der Waals surface area contributed by atoms with Crippen LogP contribution >= 0.6 is 0 Å². The van der Waals surface area contributed by atoms with Crippen molar-refractivity contribution in [2.45, 2.75) is 19.2 Å². The molecule has 0 spiro atoms. The van der Waals surface area contributed by atoms with Gasteiger partial charge in [0.1, 0.15) is 5.75 Å². The van der Waals surface area contributed by atoms with Crippen molar-refractivity contribution in [3.8, 4) is 5.75 Å². The summed E-state index contributed by atoms with van der Waals surface area (Å²) in [6.07, 6.45) is -4.40. The molecule has 25 heavy (non-hydrogen) atoms. The molecule has 0 amide bonds. The highest BCUT2D eigenvalue weighted by atomic mass is 19.4. The van der Waals surface area contributed by atoms with E-state index >= 15 is 0 Å². The van der Waals surface area contributed by atoms with Crippen molar-refractivity contribution in [3.63, 3.8) is 0 Å². The summed E-state index contributed by atoms with van der Waals surface area (Å²) in [6.45, 7) is 0. The molecule has 132 valence electrons. The predicted octanol–water partition coefficient (Wildman–Crippen LogP) is 3.77. The van der Waals surface area contributed by atoms with Crippen molar-refractivity contribution < 1.29 is 37.7 Å². The molecule has 0 bridgehead atoms. The first-order chi connectivity index (χ1) is 11.7. The molecule has 0 atom stereocenters. The van der Waals surface area contributed by atoms with E-state index in [1.54, 1.807) is 0 Å². The smallest absolute Gasteiger partial charge is 0.478 e.